The van der Waals surface area contributed by atoms with Crippen LogP contribution in [-0.2, 0) is 0 Å². The molecule has 2 N–H and O–H groups in total. The average Bonchev–Trinajstić information content (AvgIpc) is 2.29. The van der Waals surface area contributed by atoms with Gasteiger partial charge in [-0.25, -0.2) is 0 Å². The summed E-state index contributed by atoms with van der Waals surface area (Å²) in [5.74, 6) is -0.148. The summed E-state index contributed by atoms with van der Waals surface area (Å²) in [6.07, 6.45) is 0.489. The third-order valence-corrected chi connectivity index (χ3v) is 3.63. The first-order chi connectivity index (χ1) is 8.32. The highest BCUT2D eigenvalue weighted by atomic mass is 79.9. The number of hydrogen-bond acceptors (Lipinski definition) is 2. The van der Waals surface area contributed by atoms with E-state index in [1.807, 2.05) is 6.92 Å². The van der Waals surface area contributed by atoms with Gasteiger partial charge in [-0.1, -0.05) is 39.7 Å². The SMILES string of the molecule is CC(CC(N)=S)N(C)C(=O)c1cc(Br)ccc1Cl. The van der Waals surface area contributed by atoms with E-state index in [1.165, 1.54) is 0 Å². The molecule has 18 heavy (non-hydrogen) atoms. The van der Waals surface area contributed by atoms with Crippen LogP contribution < -0.4 is 5.73 Å². The summed E-state index contributed by atoms with van der Waals surface area (Å²) >= 11 is 14.2. The van der Waals surface area contributed by atoms with Crippen LogP contribution in [0.1, 0.15) is 23.7 Å². The largest absolute Gasteiger partial charge is 0.393 e. The summed E-state index contributed by atoms with van der Waals surface area (Å²) in [6, 6.07) is 5.11. The molecule has 0 spiro atoms. The molecular formula is C12H14BrClN2OS. The number of amides is 1. The number of thiocarbonyl (C=S) groups is 1. The van der Waals surface area contributed by atoms with Crippen LogP contribution >= 0.6 is 39.7 Å². The van der Waals surface area contributed by atoms with Crippen LogP contribution in [0.25, 0.3) is 0 Å². The van der Waals surface area contributed by atoms with Gasteiger partial charge in [-0.3, -0.25) is 4.79 Å². The zero-order chi connectivity index (χ0) is 13.9. The van der Waals surface area contributed by atoms with E-state index in [0.717, 1.165) is 4.47 Å². The second kappa shape index (κ2) is 6.50. The smallest absolute Gasteiger partial charge is 0.255 e. The topological polar surface area (TPSA) is 46.3 Å². The van der Waals surface area contributed by atoms with Gasteiger partial charge < -0.3 is 10.6 Å². The lowest BCUT2D eigenvalue weighted by Crippen LogP contribution is -2.37. The molecule has 0 fully saturated rings. The van der Waals surface area contributed by atoms with Crippen molar-refractivity contribution in [3.63, 3.8) is 0 Å². The molecule has 6 heteroatoms. The van der Waals surface area contributed by atoms with Crippen molar-refractivity contribution in [3.8, 4) is 0 Å². The fourth-order valence-electron chi connectivity index (χ4n) is 1.48. The zero-order valence-corrected chi connectivity index (χ0v) is 13.3. The number of nitrogens with two attached hydrogens (primary N) is 1. The standard InChI is InChI=1S/C12H14BrClN2OS/c1-7(5-11(15)18)16(2)12(17)9-6-8(13)3-4-10(9)14/h3-4,6-7H,5H2,1-2H3,(H2,15,18). The van der Waals surface area contributed by atoms with Crippen LogP contribution in [0, 0.1) is 0 Å². The van der Waals surface area contributed by atoms with E-state index in [0.29, 0.717) is 22.0 Å². The van der Waals surface area contributed by atoms with Crippen molar-refractivity contribution in [2.45, 2.75) is 19.4 Å². The molecule has 1 aromatic rings. The highest BCUT2D eigenvalue weighted by Crippen LogP contribution is 2.23. The highest BCUT2D eigenvalue weighted by Gasteiger charge is 2.20. The lowest BCUT2D eigenvalue weighted by atomic mass is 10.1. The predicted octanol–water partition coefficient (Wildman–Crippen LogP) is 3.24. The summed E-state index contributed by atoms with van der Waals surface area (Å²) in [4.78, 5) is 14.3. The first kappa shape index (κ1) is 15.4. The van der Waals surface area contributed by atoms with Crippen LogP contribution in [0.5, 0.6) is 0 Å². The summed E-state index contributed by atoms with van der Waals surface area (Å²) in [5, 5.41) is 0.428. The molecule has 1 atom stereocenters. The third-order valence-electron chi connectivity index (χ3n) is 2.64. The second-order valence-corrected chi connectivity index (χ2v) is 5.91. The average molecular weight is 350 g/mol. The maximum absolute atomic E-state index is 12.3. The first-order valence-electron chi connectivity index (χ1n) is 5.33. The van der Waals surface area contributed by atoms with Crippen molar-refractivity contribution in [2.75, 3.05) is 7.05 Å². The Labute approximate surface area is 125 Å². The van der Waals surface area contributed by atoms with Crippen molar-refractivity contribution in [1.82, 2.24) is 4.90 Å². The summed E-state index contributed by atoms with van der Waals surface area (Å²) in [6.45, 7) is 1.89. The summed E-state index contributed by atoms with van der Waals surface area (Å²) in [7, 11) is 1.71. The number of hydrogen-bond donors (Lipinski definition) is 1. The van der Waals surface area contributed by atoms with E-state index in [2.05, 4.69) is 15.9 Å². The van der Waals surface area contributed by atoms with E-state index >= 15 is 0 Å². The number of nitrogens with zero attached hydrogens (tertiary/aromatic N) is 1. The molecule has 0 saturated carbocycles. The molecular weight excluding hydrogens is 336 g/mol. The second-order valence-electron chi connectivity index (χ2n) is 4.06. The van der Waals surface area contributed by atoms with Gasteiger partial charge in [0.05, 0.1) is 15.6 Å². The Balaban J connectivity index is 2.92. The molecule has 0 aromatic heterocycles. The Morgan fingerprint density at radius 1 is 1.61 bits per heavy atom. The summed E-state index contributed by atoms with van der Waals surface area (Å²) in [5.41, 5.74) is 5.95. The number of carbonyl (C=O) groups is 1. The lowest BCUT2D eigenvalue weighted by molar-refractivity contribution is 0.0748. The van der Waals surface area contributed by atoms with Crippen molar-refractivity contribution in [3.05, 3.63) is 33.3 Å². The number of benzene rings is 1. The molecule has 1 unspecified atom stereocenters. The lowest BCUT2D eigenvalue weighted by Gasteiger charge is -2.25. The molecule has 3 nitrogen and oxygen atoms in total. The fraction of sp³-hybridized carbons (Fsp3) is 0.333. The number of carbonyl (C=O) groups excluding carboxylic acids is 1. The Morgan fingerprint density at radius 2 is 2.22 bits per heavy atom. The van der Waals surface area contributed by atoms with Crippen LogP contribution in [0.15, 0.2) is 22.7 Å². The predicted molar refractivity (Wildman–Crippen MR) is 82.1 cm³/mol. The molecule has 0 bridgehead atoms. The Hall–Kier alpha value is -0.650. The monoisotopic (exact) mass is 348 g/mol. The van der Waals surface area contributed by atoms with Crippen molar-refractivity contribution in [1.29, 1.82) is 0 Å². The Bertz CT molecular complexity index is 481. The normalized spacial score (nSPS) is 12.0. The quantitative estimate of drug-likeness (QED) is 0.849. The van der Waals surface area contributed by atoms with E-state index < -0.39 is 0 Å². The van der Waals surface area contributed by atoms with Gasteiger partial charge in [0.15, 0.2) is 0 Å². The zero-order valence-electron chi connectivity index (χ0n) is 10.1. The van der Waals surface area contributed by atoms with Gasteiger partial charge in [0.2, 0.25) is 0 Å². The van der Waals surface area contributed by atoms with Gasteiger partial charge in [-0.05, 0) is 25.1 Å². The Morgan fingerprint density at radius 3 is 2.78 bits per heavy atom. The molecule has 1 amide bonds. The minimum Gasteiger partial charge on any atom is -0.393 e. The van der Waals surface area contributed by atoms with Gasteiger partial charge in [-0.2, -0.15) is 0 Å². The third kappa shape index (κ3) is 3.93. The molecule has 1 rings (SSSR count). The van der Waals surface area contributed by atoms with E-state index in [4.69, 9.17) is 29.6 Å². The highest BCUT2D eigenvalue weighted by molar-refractivity contribution is 9.10. The number of halogens is 2. The van der Waals surface area contributed by atoms with Crippen LogP contribution in [-0.4, -0.2) is 28.9 Å². The van der Waals surface area contributed by atoms with E-state index in [9.17, 15) is 4.79 Å². The molecule has 1 aromatic carbocycles. The van der Waals surface area contributed by atoms with Crippen LogP contribution in [0.3, 0.4) is 0 Å². The van der Waals surface area contributed by atoms with Gasteiger partial charge in [0, 0.05) is 24.0 Å². The maximum Gasteiger partial charge on any atom is 0.255 e. The fourth-order valence-corrected chi connectivity index (χ4v) is 2.28. The van der Waals surface area contributed by atoms with Crippen LogP contribution in [0.4, 0.5) is 0 Å². The van der Waals surface area contributed by atoms with Gasteiger partial charge in [-0.15, -0.1) is 0 Å². The maximum atomic E-state index is 12.3. The molecule has 0 aliphatic carbocycles. The van der Waals surface area contributed by atoms with Gasteiger partial charge >= 0.3 is 0 Å². The molecule has 0 aliphatic heterocycles. The van der Waals surface area contributed by atoms with Crippen molar-refractivity contribution >= 4 is 50.6 Å². The molecule has 0 aliphatic rings. The molecule has 0 heterocycles. The van der Waals surface area contributed by atoms with Gasteiger partial charge in [0.1, 0.15) is 0 Å². The molecule has 0 saturated heterocycles. The minimum atomic E-state index is -0.148. The van der Waals surface area contributed by atoms with Gasteiger partial charge in [0.25, 0.3) is 5.91 Å². The first-order valence-corrected chi connectivity index (χ1v) is 6.91. The van der Waals surface area contributed by atoms with Crippen molar-refractivity contribution < 1.29 is 4.79 Å². The molecule has 0 radical (unpaired) electrons. The Kier molecular flexibility index (Phi) is 5.56. The van der Waals surface area contributed by atoms with Crippen molar-refractivity contribution in [2.24, 2.45) is 5.73 Å². The van der Waals surface area contributed by atoms with Crippen LogP contribution in [0.2, 0.25) is 5.02 Å². The minimum absolute atomic E-state index is 0.0648. The number of rotatable bonds is 4. The van der Waals surface area contributed by atoms with E-state index in [-0.39, 0.29) is 11.9 Å². The van der Waals surface area contributed by atoms with E-state index in [1.54, 1.807) is 30.1 Å². The summed E-state index contributed by atoms with van der Waals surface area (Å²) < 4.78 is 0.811. The molecule has 98 valence electrons.